The number of hydrogen-bond acceptors (Lipinski definition) is 5. The first-order valence-electron chi connectivity index (χ1n) is 12.1. The highest BCUT2D eigenvalue weighted by atomic mass is 16.2. The second-order valence-corrected chi connectivity index (χ2v) is 9.11. The van der Waals surface area contributed by atoms with Gasteiger partial charge in [-0.05, 0) is 54.5 Å². The third-order valence-electron chi connectivity index (χ3n) is 6.89. The number of benzene rings is 1. The molecule has 1 amide bonds. The quantitative estimate of drug-likeness (QED) is 0.582. The molecule has 35 heavy (non-hydrogen) atoms. The highest BCUT2D eigenvalue weighted by Gasteiger charge is 2.25. The third-order valence-corrected chi connectivity index (χ3v) is 6.89. The molecule has 0 fully saturated rings. The Balaban J connectivity index is 1.39. The molecule has 0 saturated carbocycles. The number of aryl methyl sites for hydroxylation is 1. The second kappa shape index (κ2) is 9.33. The van der Waals surface area contributed by atoms with Crippen molar-refractivity contribution in [2.75, 3.05) is 18.0 Å². The summed E-state index contributed by atoms with van der Waals surface area (Å²) >= 11 is 0. The normalized spacial score (nSPS) is 14.8. The summed E-state index contributed by atoms with van der Waals surface area (Å²) in [6.45, 7) is 7.76. The fourth-order valence-corrected chi connectivity index (χ4v) is 4.84. The average molecular weight is 468 g/mol. The van der Waals surface area contributed by atoms with E-state index in [1.807, 2.05) is 36.1 Å². The number of amides is 1. The van der Waals surface area contributed by atoms with E-state index in [9.17, 15) is 9.59 Å². The Bertz CT molecular complexity index is 1390. The van der Waals surface area contributed by atoms with Gasteiger partial charge < -0.3 is 9.80 Å². The maximum Gasteiger partial charge on any atom is 0.258 e. The van der Waals surface area contributed by atoms with E-state index in [4.69, 9.17) is 10.4 Å². The molecule has 0 bridgehead atoms. The minimum absolute atomic E-state index is 0.00999. The van der Waals surface area contributed by atoms with Crippen LogP contribution >= 0.6 is 0 Å². The van der Waals surface area contributed by atoms with Gasteiger partial charge in [0.1, 0.15) is 11.3 Å². The molecule has 2 aliphatic heterocycles. The van der Waals surface area contributed by atoms with E-state index in [0.29, 0.717) is 30.6 Å². The van der Waals surface area contributed by atoms with Crippen LogP contribution in [0.2, 0.25) is 0 Å². The number of rotatable bonds is 4. The van der Waals surface area contributed by atoms with E-state index < -0.39 is 0 Å². The lowest BCUT2D eigenvalue weighted by Gasteiger charge is -2.31. The Morgan fingerprint density at radius 1 is 1.06 bits per heavy atom. The van der Waals surface area contributed by atoms with Gasteiger partial charge in [0.2, 0.25) is 0 Å². The zero-order valence-corrected chi connectivity index (χ0v) is 20.0. The van der Waals surface area contributed by atoms with Crippen molar-refractivity contribution in [2.45, 2.75) is 39.2 Å². The van der Waals surface area contributed by atoms with Gasteiger partial charge in [0, 0.05) is 49.4 Å². The Labute approximate surface area is 204 Å². The highest BCUT2D eigenvalue weighted by molar-refractivity contribution is 5.95. The molecule has 0 unspecified atom stereocenters. The third kappa shape index (κ3) is 4.30. The van der Waals surface area contributed by atoms with Crippen molar-refractivity contribution >= 4 is 23.3 Å². The van der Waals surface area contributed by atoms with Crippen molar-refractivity contribution in [3.05, 3.63) is 94.8 Å². The summed E-state index contributed by atoms with van der Waals surface area (Å²) in [6, 6.07) is 13.8. The lowest BCUT2D eigenvalue weighted by atomic mass is 9.98. The van der Waals surface area contributed by atoms with E-state index >= 15 is 0 Å². The number of hydrogen-bond donors (Lipinski definition) is 1. The lowest BCUT2D eigenvalue weighted by molar-refractivity contribution is 0.0734. The number of carbonyl (C=O) groups excluding carboxylic acids is 2. The SMILES string of the molecule is C=C(CC)C(=O)n1ccc(N2CCCc3cc(C(=O)N4CCc5ccccc5C4)cnc32)cc1=N. The van der Waals surface area contributed by atoms with E-state index in [1.54, 1.807) is 18.5 Å². The van der Waals surface area contributed by atoms with Gasteiger partial charge in [0.15, 0.2) is 0 Å². The van der Waals surface area contributed by atoms with Crippen LogP contribution < -0.4 is 10.4 Å². The van der Waals surface area contributed by atoms with Crippen LogP contribution in [0.4, 0.5) is 11.5 Å². The molecule has 5 rings (SSSR count). The predicted octanol–water partition coefficient (Wildman–Crippen LogP) is 4.25. The molecule has 0 atom stereocenters. The van der Waals surface area contributed by atoms with Crippen LogP contribution in [0.3, 0.4) is 0 Å². The molecule has 7 heteroatoms. The van der Waals surface area contributed by atoms with Gasteiger partial charge in [0.05, 0.1) is 5.56 Å². The van der Waals surface area contributed by atoms with Crippen LogP contribution in [0.1, 0.15) is 51.6 Å². The van der Waals surface area contributed by atoms with E-state index in [0.717, 1.165) is 42.9 Å². The molecule has 0 saturated heterocycles. The molecule has 0 spiro atoms. The fourth-order valence-electron chi connectivity index (χ4n) is 4.84. The average Bonchev–Trinajstić information content (AvgIpc) is 2.90. The van der Waals surface area contributed by atoms with Crippen molar-refractivity contribution in [1.82, 2.24) is 14.5 Å². The second-order valence-electron chi connectivity index (χ2n) is 9.11. The summed E-state index contributed by atoms with van der Waals surface area (Å²) in [4.78, 5) is 34.4. The van der Waals surface area contributed by atoms with Gasteiger partial charge in [-0.2, -0.15) is 0 Å². The fraction of sp³-hybridized carbons (Fsp3) is 0.286. The number of anilines is 2. The molecule has 4 heterocycles. The van der Waals surface area contributed by atoms with Gasteiger partial charge in [-0.1, -0.05) is 37.8 Å². The molecule has 1 N–H and O–H groups in total. The Morgan fingerprint density at radius 3 is 2.63 bits per heavy atom. The number of nitrogens with one attached hydrogen (secondary N) is 1. The van der Waals surface area contributed by atoms with Crippen LogP contribution in [0.25, 0.3) is 0 Å². The summed E-state index contributed by atoms with van der Waals surface area (Å²) in [5, 5.41) is 8.37. The zero-order chi connectivity index (χ0) is 24.5. The lowest BCUT2D eigenvalue weighted by Crippen LogP contribution is -2.36. The standard InChI is InChI=1S/C28H29N5O2/c1-3-19(2)27(34)33-14-11-24(16-25(33)29)32-12-6-9-21-15-23(17-30-26(21)32)28(35)31-13-10-20-7-4-5-8-22(20)18-31/h4-5,7-8,11,14-17,29H,2-3,6,9-10,12-13,18H2,1H3. The Hall–Kier alpha value is -4.00. The van der Waals surface area contributed by atoms with Crippen molar-refractivity contribution in [3.63, 3.8) is 0 Å². The number of carbonyl (C=O) groups is 2. The highest BCUT2D eigenvalue weighted by Crippen LogP contribution is 2.32. The summed E-state index contributed by atoms with van der Waals surface area (Å²) in [5.41, 5.74) is 5.54. The molecule has 2 aliphatic rings. The predicted molar refractivity (Wildman–Crippen MR) is 135 cm³/mol. The van der Waals surface area contributed by atoms with Crippen molar-refractivity contribution in [2.24, 2.45) is 0 Å². The summed E-state index contributed by atoms with van der Waals surface area (Å²) < 4.78 is 1.31. The molecule has 3 aromatic rings. The minimum Gasteiger partial charge on any atom is -0.334 e. The van der Waals surface area contributed by atoms with E-state index in [-0.39, 0.29) is 17.3 Å². The first-order chi connectivity index (χ1) is 17.0. The van der Waals surface area contributed by atoms with Gasteiger partial charge in [-0.15, -0.1) is 0 Å². The largest absolute Gasteiger partial charge is 0.334 e. The smallest absolute Gasteiger partial charge is 0.258 e. The van der Waals surface area contributed by atoms with E-state index in [2.05, 4.69) is 23.6 Å². The van der Waals surface area contributed by atoms with E-state index in [1.165, 1.54) is 15.7 Å². The van der Waals surface area contributed by atoms with Gasteiger partial charge in [-0.3, -0.25) is 19.6 Å². The molecule has 0 aliphatic carbocycles. The van der Waals surface area contributed by atoms with Gasteiger partial charge in [-0.25, -0.2) is 4.98 Å². The molecule has 1 aromatic carbocycles. The Kier molecular flexibility index (Phi) is 6.07. The van der Waals surface area contributed by atoms with Crippen LogP contribution in [0, 0.1) is 5.41 Å². The van der Waals surface area contributed by atoms with Crippen molar-refractivity contribution < 1.29 is 9.59 Å². The number of aromatic nitrogens is 2. The zero-order valence-electron chi connectivity index (χ0n) is 20.0. The minimum atomic E-state index is -0.260. The van der Waals surface area contributed by atoms with Crippen molar-refractivity contribution in [3.8, 4) is 0 Å². The van der Waals surface area contributed by atoms with Gasteiger partial charge in [0.25, 0.3) is 11.8 Å². The first-order valence-corrected chi connectivity index (χ1v) is 12.1. The van der Waals surface area contributed by atoms with Crippen molar-refractivity contribution in [1.29, 1.82) is 5.41 Å². The van der Waals surface area contributed by atoms with Crippen LogP contribution in [-0.4, -0.2) is 39.4 Å². The summed E-state index contributed by atoms with van der Waals surface area (Å²) in [7, 11) is 0. The number of pyridine rings is 2. The monoisotopic (exact) mass is 467 g/mol. The summed E-state index contributed by atoms with van der Waals surface area (Å²) in [5.74, 6) is 0.554. The molecular formula is C28H29N5O2. The molecule has 2 aromatic heterocycles. The first kappa shape index (κ1) is 22.8. The Morgan fingerprint density at radius 2 is 1.86 bits per heavy atom. The molecule has 178 valence electrons. The van der Waals surface area contributed by atoms with Crippen LogP contribution in [-0.2, 0) is 19.4 Å². The topological polar surface area (TPSA) is 82.3 Å². The van der Waals surface area contributed by atoms with Crippen LogP contribution in [0.5, 0.6) is 0 Å². The number of allylic oxidation sites excluding steroid dienone is 1. The number of nitrogens with zero attached hydrogens (tertiary/aromatic N) is 4. The maximum atomic E-state index is 13.3. The van der Waals surface area contributed by atoms with Gasteiger partial charge >= 0.3 is 0 Å². The van der Waals surface area contributed by atoms with Crippen LogP contribution in [0.15, 0.2) is 67.0 Å². The molecular weight excluding hydrogens is 438 g/mol. The molecule has 0 radical (unpaired) electrons. The maximum absolute atomic E-state index is 13.3. The number of fused-ring (bicyclic) bond motifs is 2. The summed E-state index contributed by atoms with van der Waals surface area (Å²) in [6.07, 6.45) is 6.46. The molecule has 7 nitrogen and oxygen atoms in total.